The van der Waals surface area contributed by atoms with E-state index >= 15 is 0 Å². The van der Waals surface area contributed by atoms with Crippen LogP contribution in [0.3, 0.4) is 0 Å². The SMILES string of the molecule is CC1(C)CCCC(C(=N)n2ccnc(N)c2=N)C1. The Morgan fingerprint density at radius 2 is 2.28 bits per heavy atom. The predicted octanol–water partition coefficient (Wildman–Crippen LogP) is 1.99. The minimum absolute atomic E-state index is 0.117. The zero-order valence-corrected chi connectivity index (χ0v) is 11.0. The van der Waals surface area contributed by atoms with Crippen LogP contribution in [-0.2, 0) is 0 Å². The number of hydrogen-bond acceptors (Lipinski definition) is 4. The molecule has 1 aromatic rings. The highest BCUT2D eigenvalue weighted by molar-refractivity contribution is 5.84. The number of nitrogens with one attached hydrogen (secondary N) is 2. The second-order valence-corrected chi connectivity index (χ2v) is 5.87. The molecule has 2 rings (SSSR count). The van der Waals surface area contributed by atoms with Crippen LogP contribution in [0, 0.1) is 22.2 Å². The predicted molar refractivity (Wildman–Crippen MR) is 71.4 cm³/mol. The first-order chi connectivity index (χ1) is 8.41. The number of nitrogens with two attached hydrogens (primary N) is 1. The number of nitrogen functional groups attached to an aromatic ring is 1. The Morgan fingerprint density at radius 3 is 2.94 bits per heavy atom. The lowest BCUT2D eigenvalue weighted by molar-refractivity contribution is 0.213. The Kier molecular flexibility index (Phi) is 3.24. The number of hydrogen-bond donors (Lipinski definition) is 3. The van der Waals surface area contributed by atoms with E-state index in [2.05, 4.69) is 18.8 Å². The molecule has 1 aliphatic rings. The minimum Gasteiger partial charge on any atom is -0.381 e. The monoisotopic (exact) mass is 247 g/mol. The van der Waals surface area contributed by atoms with Gasteiger partial charge in [0.2, 0.25) is 0 Å². The molecule has 0 radical (unpaired) electrons. The van der Waals surface area contributed by atoms with E-state index in [0.29, 0.717) is 5.84 Å². The van der Waals surface area contributed by atoms with Gasteiger partial charge in [-0.3, -0.25) is 15.4 Å². The molecule has 0 spiro atoms. The number of anilines is 1. The second kappa shape index (κ2) is 4.55. The van der Waals surface area contributed by atoms with Crippen LogP contribution >= 0.6 is 0 Å². The van der Waals surface area contributed by atoms with E-state index in [4.69, 9.17) is 16.6 Å². The zero-order chi connectivity index (χ0) is 13.3. The van der Waals surface area contributed by atoms with Crippen molar-refractivity contribution in [2.75, 3.05) is 5.73 Å². The first-order valence-corrected chi connectivity index (χ1v) is 6.37. The minimum atomic E-state index is 0.117. The molecule has 1 unspecified atom stereocenters. The summed E-state index contributed by atoms with van der Waals surface area (Å²) in [5, 5.41) is 16.2. The molecule has 5 heteroatoms. The maximum atomic E-state index is 8.30. The maximum absolute atomic E-state index is 8.30. The molecule has 1 fully saturated rings. The normalized spacial score (nSPS) is 22.7. The van der Waals surface area contributed by atoms with Crippen LogP contribution in [0.5, 0.6) is 0 Å². The fourth-order valence-electron chi connectivity index (χ4n) is 2.77. The summed E-state index contributed by atoms with van der Waals surface area (Å²) < 4.78 is 1.55. The van der Waals surface area contributed by atoms with E-state index in [-0.39, 0.29) is 22.6 Å². The molecule has 5 nitrogen and oxygen atoms in total. The van der Waals surface area contributed by atoms with Gasteiger partial charge in [0.15, 0.2) is 11.3 Å². The molecular weight excluding hydrogens is 226 g/mol. The Bertz CT molecular complexity index is 514. The highest BCUT2D eigenvalue weighted by Crippen LogP contribution is 2.38. The molecule has 1 aromatic heterocycles. The van der Waals surface area contributed by atoms with Gasteiger partial charge in [0, 0.05) is 18.3 Å². The van der Waals surface area contributed by atoms with Crippen molar-refractivity contribution in [2.45, 2.75) is 39.5 Å². The number of nitrogens with zero attached hydrogens (tertiary/aromatic N) is 2. The second-order valence-electron chi connectivity index (χ2n) is 5.87. The third-order valence-electron chi connectivity index (χ3n) is 3.76. The smallest absolute Gasteiger partial charge is 0.173 e. The van der Waals surface area contributed by atoms with Gasteiger partial charge in [0.05, 0.1) is 0 Å². The van der Waals surface area contributed by atoms with Crippen LogP contribution in [0.25, 0.3) is 0 Å². The lowest BCUT2D eigenvalue weighted by Crippen LogP contribution is -2.37. The van der Waals surface area contributed by atoms with Gasteiger partial charge in [-0.25, -0.2) is 4.98 Å². The molecule has 1 saturated carbocycles. The topological polar surface area (TPSA) is 91.5 Å². The summed E-state index contributed by atoms with van der Waals surface area (Å²) in [6, 6.07) is 0. The van der Waals surface area contributed by atoms with Crippen molar-refractivity contribution in [3.63, 3.8) is 0 Å². The lowest BCUT2D eigenvalue weighted by atomic mass is 9.72. The van der Waals surface area contributed by atoms with Crippen molar-refractivity contribution in [1.82, 2.24) is 9.55 Å². The molecule has 4 N–H and O–H groups in total. The van der Waals surface area contributed by atoms with Crippen molar-refractivity contribution in [3.8, 4) is 0 Å². The molecule has 0 amide bonds. The Hall–Kier alpha value is -1.65. The third-order valence-corrected chi connectivity index (χ3v) is 3.76. The van der Waals surface area contributed by atoms with Crippen molar-refractivity contribution in [1.29, 1.82) is 10.8 Å². The summed E-state index contributed by atoms with van der Waals surface area (Å²) in [7, 11) is 0. The van der Waals surface area contributed by atoms with Crippen LogP contribution in [-0.4, -0.2) is 15.4 Å². The van der Waals surface area contributed by atoms with E-state index in [1.54, 1.807) is 17.0 Å². The molecule has 0 aromatic carbocycles. The van der Waals surface area contributed by atoms with Crippen molar-refractivity contribution in [2.24, 2.45) is 11.3 Å². The first kappa shape index (κ1) is 12.8. The Morgan fingerprint density at radius 1 is 1.56 bits per heavy atom. The first-order valence-electron chi connectivity index (χ1n) is 6.37. The molecule has 18 heavy (non-hydrogen) atoms. The molecule has 0 bridgehead atoms. The number of aromatic nitrogens is 2. The Labute approximate surface area is 107 Å². The summed E-state index contributed by atoms with van der Waals surface area (Å²) in [6.45, 7) is 4.50. The van der Waals surface area contributed by atoms with E-state index in [1.165, 1.54) is 6.42 Å². The highest BCUT2D eigenvalue weighted by Gasteiger charge is 2.30. The van der Waals surface area contributed by atoms with E-state index in [1.807, 2.05) is 0 Å². The molecule has 0 aliphatic heterocycles. The van der Waals surface area contributed by atoms with Crippen molar-refractivity contribution >= 4 is 11.7 Å². The van der Waals surface area contributed by atoms with Gasteiger partial charge >= 0.3 is 0 Å². The van der Waals surface area contributed by atoms with Gasteiger partial charge in [0.1, 0.15) is 5.84 Å². The van der Waals surface area contributed by atoms with Gasteiger partial charge in [-0.15, -0.1) is 0 Å². The van der Waals surface area contributed by atoms with Gasteiger partial charge in [0.25, 0.3) is 0 Å². The van der Waals surface area contributed by atoms with Crippen LogP contribution < -0.4 is 11.2 Å². The summed E-state index contributed by atoms with van der Waals surface area (Å²) in [5.74, 6) is 0.865. The molecule has 98 valence electrons. The van der Waals surface area contributed by atoms with Crippen molar-refractivity contribution < 1.29 is 0 Å². The zero-order valence-electron chi connectivity index (χ0n) is 11.0. The fraction of sp³-hybridized carbons (Fsp3) is 0.615. The van der Waals surface area contributed by atoms with Gasteiger partial charge in [-0.05, 0) is 24.7 Å². The highest BCUT2D eigenvalue weighted by atomic mass is 15.1. The Balaban J connectivity index is 2.26. The summed E-state index contributed by atoms with van der Waals surface area (Å²) >= 11 is 0. The van der Waals surface area contributed by atoms with Crippen LogP contribution in [0.1, 0.15) is 39.5 Å². The molecule has 1 heterocycles. The molecule has 1 aliphatic carbocycles. The van der Waals surface area contributed by atoms with Gasteiger partial charge in [-0.2, -0.15) is 0 Å². The summed E-state index contributed by atoms with van der Waals surface area (Å²) in [5.41, 5.74) is 6.03. The fourth-order valence-corrected chi connectivity index (χ4v) is 2.77. The van der Waals surface area contributed by atoms with Crippen LogP contribution in [0.4, 0.5) is 5.82 Å². The standard InChI is InChI=1S/C13H21N5/c1-13(2)5-3-4-9(8-13)11(15)18-7-6-17-10(14)12(18)16/h6-7,9,15-16H,3-5,8H2,1-2H3,(H2,14,17). The number of rotatable bonds is 1. The van der Waals surface area contributed by atoms with E-state index in [0.717, 1.165) is 19.3 Å². The molecule has 1 atom stereocenters. The summed E-state index contributed by atoms with van der Waals surface area (Å²) in [6.07, 6.45) is 7.60. The third kappa shape index (κ3) is 2.44. The van der Waals surface area contributed by atoms with Crippen LogP contribution in [0.2, 0.25) is 0 Å². The van der Waals surface area contributed by atoms with Gasteiger partial charge in [-0.1, -0.05) is 20.3 Å². The van der Waals surface area contributed by atoms with Gasteiger partial charge < -0.3 is 5.73 Å². The van der Waals surface area contributed by atoms with E-state index < -0.39 is 0 Å². The van der Waals surface area contributed by atoms with Crippen LogP contribution in [0.15, 0.2) is 12.4 Å². The average molecular weight is 247 g/mol. The molecule has 0 saturated heterocycles. The van der Waals surface area contributed by atoms with E-state index in [9.17, 15) is 0 Å². The molecular formula is C13H21N5. The quantitative estimate of drug-likeness (QED) is 0.523. The summed E-state index contributed by atoms with van der Waals surface area (Å²) in [4.78, 5) is 3.87. The maximum Gasteiger partial charge on any atom is 0.173 e. The largest absolute Gasteiger partial charge is 0.381 e. The lowest BCUT2D eigenvalue weighted by Gasteiger charge is -2.35. The average Bonchev–Trinajstić information content (AvgIpc) is 2.30. The van der Waals surface area contributed by atoms with Crippen molar-refractivity contribution in [3.05, 3.63) is 17.9 Å².